The molecule has 4 fully saturated rings. The molecule has 5 heterocycles. The number of hydrogen-bond donors (Lipinski definition) is 0. The molecule has 3 atom stereocenters. The van der Waals surface area contributed by atoms with Gasteiger partial charge in [0.25, 0.3) is 0 Å². The second-order valence-corrected chi connectivity index (χ2v) is 7.81. The summed E-state index contributed by atoms with van der Waals surface area (Å²) < 4.78 is 27.8. The largest absolute Gasteiger partial charge is 0.351 e. The molecule has 4 nitrogen and oxygen atoms in total. The van der Waals surface area contributed by atoms with Crippen LogP contribution < -0.4 is 4.90 Å². The first-order valence-corrected chi connectivity index (χ1v) is 9.48. The van der Waals surface area contributed by atoms with E-state index in [4.69, 9.17) is 0 Å². The Bertz CT molecular complexity index is 896. The minimum atomic E-state index is -0.527. The van der Waals surface area contributed by atoms with E-state index in [9.17, 15) is 14.0 Å². The van der Waals surface area contributed by atoms with Gasteiger partial charge in [-0.15, -0.1) is 0 Å². The van der Waals surface area contributed by atoms with Crippen LogP contribution >= 0.6 is 0 Å². The van der Waals surface area contributed by atoms with E-state index < -0.39 is 11.6 Å². The Hall–Kier alpha value is -2.52. The summed E-state index contributed by atoms with van der Waals surface area (Å²) in [6.45, 7) is 2.74. The van der Waals surface area contributed by atoms with Crippen LogP contribution in [0.15, 0.2) is 36.4 Å². The fraction of sp³-hybridized carbons (Fsp3) is 0.429. The topological polar surface area (TPSA) is 43.2 Å². The van der Waals surface area contributed by atoms with Gasteiger partial charge in [0.1, 0.15) is 29.2 Å². The fourth-order valence-corrected chi connectivity index (χ4v) is 5.41. The van der Waals surface area contributed by atoms with Crippen LogP contribution in [0.1, 0.15) is 30.0 Å². The summed E-state index contributed by atoms with van der Waals surface area (Å²) in [5, 5.41) is 9.21. The lowest BCUT2D eigenvalue weighted by Crippen LogP contribution is -2.60. The van der Waals surface area contributed by atoms with Crippen molar-refractivity contribution in [2.45, 2.75) is 30.8 Å². The van der Waals surface area contributed by atoms with Crippen LogP contribution in [0.5, 0.6) is 0 Å². The van der Waals surface area contributed by atoms with E-state index in [2.05, 4.69) is 20.9 Å². The molecule has 6 rings (SSSR count). The third kappa shape index (κ3) is 2.69. The van der Waals surface area contributed by atoms with Gasteiger partial charge in [-0.05, 0) is 61.7 Å². The zero-order valence-corrected chi connectivity index (χ0v) is 14.9. The molecule has 1 aromatic carbocycles. The second kappa shape index (κ2) is 6.28. The molecule has 4 saturated heterocycles. The monoisotopic (exact) mass is 366 g/mol. The Morgan fingerprint density at radius 1 is 1.04 bits per heavy atom. The number of aromatic nitrogens is 1. The van der Waals surface area contributed by atoms with Crippen molar-refractivity contribution in [2.75, 3.05) is 24.5 Å². The zero-order valence-electron chi connectivity index (χ0n) is 14.9. The summed E-state index contributed by atoms with van der Waals surface area (Å²) in [6, 6.07) is 12.0. The second-order valence-electron chi connectivity index (χ2n) is 7.81. The Labute approximate surface area is 157 Å². The third-order valence-electron chi connectivity index (χ3n) is 6.45. The van der Waals surface area contributed by atoms with Gasteiger partial charge in [-0.1, -0.05) is 6.07 Å². The lowest BCUT2D eigenvalue weighted by molar-refractivity contribution is 0.0354. The highest BCUT2D eigenvalue weighted by molar-refractivity contribution is 5.48. The molecule has 6 heteroatoms. The predicted octanol–water partition coefficient (Wildman–Crippen LogP) is 3.30. The molecule has 0 N–H and O–H groups in total. The standard InChI is InChI=1S/C21H20F2N4/c22-15-8-14(9-16(23)10-15)18-12-27(19-3-1-2-17(11-24)25-19)20-13-4-6-26(7-5-13)21(18)20/h1-3,8-10,13,18,20-21H,4-7,12H2/t18-,20-,21-/m1/s1. The maximum absolute atomic E-state index is 13.9. The number of hydrogen-bond acceptors (Lipinski definition) is 4. The molecule has 4 aliphatic rings. The van der Waals surface area contributed by atoms with E-state index in [1.165, 1.54) is 12.1 Å². The number of nitrogens with zero attached hydrogens (tertiary/aromatic N) is 4. The average Bonchev–Trinajstić information content (AvgIpc) is 3.11. The van der Waals surface area contributed by atoms with Crippen LogP contribution in [0.2, 0.25) is 0 Å². The summed E-state index contributed by atoms with van der Waals surface area (Å²) in [4.78, 5) is 9.26. The molecule has 0 amide bonds. The normalized spacial score (nSPS) is 31.6. The van der Waals surface area contributed by atoms with E-state index >= 15 is 0 Å². The molecule has 0 saturated carbocycles. The third-order valence-corrected chi connectivity index (χ3v) is 6.45. The molecule has 0 aliphatic carbocycles. The SMILES string of the molecule is N#Cc1cccc(N2C[C@H](c3cc(F)cc(F)c3)[C@@H]3[C@H]2C2CCN3CC2)n1. The summed E-state index contributed by atoms with van der Waals surface area (Å²) in [5.41, 5.74) is 1.11. The molecule has 0 unspecified atom stereocenters. The van der Waals surface area contributed by atoms with Crippen LogP contribution in [0.3, 0.4) is 0 Å². The van der Waals surface area contributed by atoms with Gasteiger partial charge in [0.2, 0.25) is 0 Å². The number of pyridine rings is 1. The van der Waals surface area contributed by atoms with Gasteiger partial charge in [-0.3, -0.25) is 4.90 Å². The summed E-state index contributed by atoms with van der Waals surface area (Å²) in [6.07, 6.45) is 2.28. The van der Waals surface area contributed by atoms with Crippen molar-refractivity contribution in [3.8, 4) is 6.07 Å². The molecule has 4 aliphatic heterocycles. The van der Waals surface area contributed by atoms with Gasteiger partial charge in [-0.25, -0.2) is 13.8 Å². The molecule has 0 radical (unpaired) electrons. The molecule has 27 heavy (non-hydrogen) atoms. The minimum Gasteiger partial charge on any atom is -0.351 e. The number of halogens is 2. The van der Waals surface area contributed by atoms with Gasteiger partial charge in [-0.2, -0.15) is 5.26 Å². The lowest BCUT2D eigenvalue weighted by Gasteiger charge is -2.51. The lowest BCUT2D eigenvalue weighted by atomic mass is 9.75. The van der Waals surface area contributed by atoms with Gasteiger partial charge >= 0.3 is 0 Å². The van der Waals surface area contributed by atoms with Gasteiger partial charge in [0, 0.05) is 30.6 Å². The number of anilines is 1. The molecule has 138 valence electrons. The molecule has 1 aromatic heterocycles. The highest BCUT2D eigenvalue weighted by atomic mass is 19.1. The number of fused-ring (bicyclic) bond motifs is 2. The van der Waals surface area contributed by atoms with E-state index in [0.29, 0.717) is 23.7 Å². The molecule has 0 spiro atoms. The molecule has 2 bridgehead atoms. The number of nitriles is 1. The molecule has 2 aromatic rings. The van der Waals surface area contributed by atoms with Gasteiger partial charge < -0.3 is 4.90 Å². The van der Waals surface area contributed by atoms with Crippen molar-refractivity contribution in [1.82, 2.24) is 9.88 Å². The van der Waals surface area contributed by atoms with Crippen molar-refractivity contribution in [2.24, 2.45) is 5.92 Å². The van der Waals surface area contributed by atoms with Crippen molar-refractivity contribution in [3.05, 3.63) is 59.3 Å². The average molecular weight is 366 g/mol. The highest BCUT2D eigenvalue weighted by Crippen LogP contribution is 2.47. The zero-order chi connectivity index (χ0) is 18.5. The summed E-state index contributed by atoms with van der Waals surface area (Å²) in [5.74, 6) is 0.310. The Kier molecular flexibility index (Phi) is 3.87. The van der Waals surface area contributed by atoms with Crippen LogP contribution in [0.4, 0.5) is 14.6 Å². The smallest absolute Gasteiger partial charge is 0.142 e. The van der Waals surface area contributed by atoms with Crippen molar-refractivity contribution in [1.29, 1.82) is 5.26 Å². The molecular formula is C21H20F2N4. The maximum Gasteiger partial charge on any atom is 0.142 e. The van der Waals surface area contributed by atoms with E-state index in [1.54, 1.807) is 6.07 Å². The minimum absolute atomic E-state index is 0.0239. The first-order valence-electron chi connectivity index (χ1n) is 9.48. The summed E-state index contributed by atoms with van der Waals surface area (Å²) in [7, 11) is 0. The number of rotatable bonds is 2. The fourth-order valence-electron chi connectivity index (χ4n) is 5.41. The summed E-state index contributed by atoms with van der Waals surface area (Å²) >= 11 is 0. The van der Waals surface area contributed by atoms with E-state index in [0.717, 1.165) is 37.8 Å². The van der Waals surface area contributed by atoms with Crippen LogP contribution in [0, 0.1) is 28.9 Å². The Morgan fingerprint density at radius 2 is 1.78 bits per heavy atom. The first kappa shape index (κ1) is 16.6. The first-order chi connectivity index (χ1) is 13.1. The van der Waals surface area contributed by atoms with Crippen molar-refractivity contribution in [3.63, 3.8) is 0 Å². The van der Waals surface area contributed by atoms with Crippen LogP contribution in [0.25, 0.3) is 0 Å². The van der Waals surface area contributed by atoms with Crippen molar-refractivity contribution < 1.29 is 8.78 Å². The predicted molar refractivity (Wildman–Crippen MR) is 97.3 cm³/mol. The number of piperidine rings is 3. The maximum atomic E-state index is 13.9. The van der Waals surface area contributed by atoms with Gasteiger partial charge in [0.15, 0.2) is 0 Å². The molecular weight excluding hydrogens is 346 g/mol. The quantitative estimate of drug-likeness (QED) is 0.818. The van der Waals surface area contributed by atoms with E-state index in [1.807, 2.05) is 12.1 Å². The van der Waals surface area contributed by atoms with Crippen LogP contribution in [-0.2, 0) is 0 Å². The van der Waals surface area contributed by atoms with Gasteiger partial charge in [0.05, 0.1) is 0 Å². The highest BCUT2D eigenvalue weighted by Gasteiger charge is 2.53. The Balaban J connectivity index is 1.58. The van der Waals surface area contributed by atoms with Crippen molar-refractivity contribution >= 4 is 5.82 Å². The van der Waals surface area contributed by atoms with E-state index in [-0.39, 0.29) is 18.0 Å². The van der Waals surface area contributed by atoms with Crippen LogP contribution in [-0.4, -0.2) is 41.6 Å². The number of benzene rings is 1. The Morgan fingerprint density at radius 3 is 2.48 bits per heavy atom.